The van der Waals surface area contributed by atoms with Crippen molar-refractivity contribution >= 4 is 16.7 Å². The van der Waals surface area contributed by atoms with Gasteiger partial charge in [0.25, 0.3) is 5.91 Å². The third-order valence-electron chi connectivity index (χ3n) is 3.70. The van der Waals surface area contributed by atoms with E-state index >= 15 is 0 Å². The largest absolute Gasteiger partial charge is 0.454 e. The van der Waals surface area contributed by atoms with E-state index in [-0.39, 0.29) is 12.7 Å². The van der Waals surface area contributed by atoms with E-state index in [0.29, 0.717) is 17.9 Å². The summed E-state index contributed by atoms with van der Waals surface area (Å²) in [5, 5.41) is 12.4. The molecule has 1 N–H and O–H groups in total. The van der Waals surface area contributed by atoms with Gasteiger partial charge >= 0.3 is 0 Å². The summed E-state index contributed by atoms with van der Waals surface area (Å²) < 4.78 is 10.6. The second-order valence-corrected chi connectivity index (χ2v) is 5.20. The quantitative estimate of drug-likeness (QED) is 0.803. The molecule has 0 fully saturated rings. The normalized spacial score (nSPS) is 12.3. The molecule has 0 aliphatic carbocycles. The molecule has 0 unspecified atom stereocenters. The summed E-state index contributed by atoms with van der Waals surface area (Å²) in [4.78, 5) is 12.3. The van der Waals surface area contributed by atoms with Gasteiger partial charge < -0.3 is 14.8 Å². The van der Waals surface area contributed by atoms with Crippen LogP contribution in [0.25, 0.3) is 10.8 Å². The molecule has 23 heavy (non-hydrogen) atoms. The highest BCUT2D eigenvalue weighted by molar-refractivity contribution is 5.98. The number of aromatic nitrogens is 2. The lowest BCUT2D eigenvalue weighted by molar-refractivity contribution is 0.0951. The Morgan fingerprint density at radius 1 is 1.00 bits per heavy atom. The molecular weight excluding hydrogens is 294 g/mol. The van der Waals surface area contributed by atoms with Crippen molar-refractivity contribution in [1.29, 1.82) is 0 Å². The van der Waals surface area contributed by atoms with Gasteiger partial charge in [-0.25, -0.2) is 0 Å². The number of nitrogens with one attached hydrogen (secondary N) is 1. The molecule has 1 amide bonds. The van der Waals surface area contributed by atoms with Crippen molar-refractivity contribution in [1.82, 2.24) is 15.5 Å². The lowest BCUT2D eigenvalue weighted by Gasteiger charge is -2.07. The van der Waals surface area contributed by atoms with Crippen LogP contribution in [0.5, 0.6) is 11.5 Å². The summed E-state index contributed by atoms with van der Waals surface area (Å²) in [5.41, 5.74) is 1.54. The van der Waals surface area contributed by atoms with Crippen LogP contribution >= 0.6 is 0 Å². The van der Waals surface area contributed by atoms with Crippen molar-refractivity contribution in [3.63, 3.8) is 0 Å². The minimum atomic E-state index is -0.138. The molecule has 0 atom stereocenters. The number of benzene rings is 2. The Kier molecular flexibility index (Phi) is 3.27. The van der Waals surface area contributed by atoms with Crippen molar-refractivity contribution in [3.05, 3.63) is 59.9 Å². The maximum absolute atomic E-state index is 12.3. The van der Waals surface area contributed by atoms with Crippen LogP contribution in [0.4, 0.5) is 0 Å². The first-order valence-corrected chi connectivity index (χ1v) is 7.17. The highest BCUT2D eigenvalue weighted by Gasteiger charge is 2.13. The molecule has 1 aliphatic rings. The topological polar surface area (TPSA) is 73.3 Å². The molecule has 2 aromatic carbocycles. The zero-order valence-corrected chi connectivity index (χ0v) is 12.2. The second kappa shape index (κ2) is 5.57. The van der Waals surface area contributed by atoms with E-state index in [0.717, 1.165) is 22.1 Å². The Morgan fingerprint density at radius 3 is 2.74 bits per heavy atom. The molecule has 2 heterocycles. The molecule has 0 saturated carbocycles. The first kappa shape index (κ1) is 13.5. The number of amides is 1. The molecule has 4 rings (SSSR count). The van der Waals surface area contributed by atoms with E-state index in [1.807, 2.05) is 24.3 Å². The van der Waals surface area contributed by atoms with E-state index < -0.39 is 0 Å². The highest BCUT2D eigenvalue weighted by Crippen LogP contribution is 2.32. The molecule has 0 radical (unpaired) electrons. The Bertz CT molecular complexity index is 895. The fourth-order valence-electron chi connectivity index (χ4n) is 2.47. The van der Waals surface area contributed by atoms with Gasteiger partial charge in [-0.1, -0.05) is 12.1 Å². The van der Waals surface area contributed by atoms with E-state index in [1.54, 1.807) is 24.5 Å². The van der Waals surface area contributed by atoms with Crippen LogP contribution in [-0.4, -0.2) is 22.9 Å². The van der Waals surface area contributed by atoms with Crippen LogP contribution in [-0.2, 0) is 6.54 Å². The predicted molar refractivity (Wildman–Crippen MR) is 83.3 cm³/mol. The van der Waals surface area contributed by atoms with Gasteiger partial charge in [-0.15, -0.1) is 0 Å². The van der Waals surface area contributed by atoms with Gasteiger partial charge in [-0.2, -0.15) is 10.2 Å². The molecule has 0 bridgehead atoms. The summed E-state index contributed by atoms with van der Waals surface area (Å²) in [6, 6.07) is 11.1. The molecule has 114 valence electrons. The van der Waals surface area contributed by atoms with Crippen LogP contribution in [0.3, 0.4) is 0 Å². The van der Waals surface area contributed by atoms with Gasteiger partial charge in [0.05, 0.1) is 12.4 Å². The predicted octanol–water partition coefficient (Wildman–Crippen LogP) is 2.29. The van der Waals surface area contributed by atoms with E-state index in [4.69, 9.17) is 9.47 Å². The van der Waals surface area contributed by atoms with Crippen molar-refractivity contribution in [2.75, 3.05) is 6.79 Å². The number of hydrogen-bond acceptors (Lipinski definition) is 5. The summed E-state index contributed by atoms with van der Waals surface area (Å²) in [7, 11) is 0. The number of hydrogen-bond donors (Lipinski definition) is 1. The third kappa shape index (κ3) is 2.66. The molecule has 1 aromatic heterocycles. The average molecular weight is 307 g/mol. The molecule has 3 aromatic rings. The van der Waals surface area contributed by atoms with Crippen LogP contribution in [0.2, 0.25) is 0 Å². The maximum Gasteiger partial charge on any atom is 0.251 e. The van der Waals surface area contributed by atoms with Crippen molar-refractivity contribution in [3.8, 4) is 11.5 Å². The summed E-state index contributed by atoms with van der Waals surface area (Å²) in [6.45, 7) is 0.660. The lowest BCUT2D eigenvalue weighted by Crippen LogP contribution is -2.22. The lowest BCUT2D eigenvalue weighted by atomic mass is 10.1. The smallest absolute Gasteiger partial charge is 0.251 e. The highest BCUT2D eigenvalue weighted by atomic mass is 16.7. The van der Waals surface area contributed by atoms with Crippen molar-refractivity contribution in [2.45, 2.75) is 6.54 Å². The van der Waals surface area contributed by atoms with Crippen LogP contribution in [0.15, 0.2) is 48.8 Å². The van der Waals surface area contributed by atoms with Crippen LogP contribution in [0, 0.1) is 0 Å². The second-order valence-electron chi connectivity index (χ2n) is 5.20. The van der Waals surface area contributed by atoms with Gasteiger partial charge in [0.1, 0.15) is 0 Å². The van der Waals surface area contributed by atoms with E-state index in [1.165, 1.54) is 0 Å². The molecule has 1 aliphatic heterocycles. The minimum absolute atomic E-state index is 0.138. The standard InChI is InChI=1S/C17H13N3O3/c21-17(12-2-3-13-8-19-20-9-14(13)6-12)18-7-11-1-4-15-16(5-11)23-10-22-15/h1-6,8-9H,7,10H2,(H,18,21). The maximum atomic E-state index is 12.3. The summed E-state index contributed by atoms with van der Waals surface area (Å²) >= 11 is 0. The molecule has 6 heteroatoms. The summed E-state index contributed by atoms with van der Waals surface area (Å²) in [5.74, 6) is 1.30. The van der Waals surface area contributed by atoms with Gasteiger partial charge in [0.15, 0.2) is 11.5 Å². The Morgan fingerprint density at radius 2 is 1.83 bits per heavy atom. The zero-order chi connectivity index (χ0) is 15.6. The van der Waals surface area contributed by atoms with Crippen LogP contribution in [0.1, 0.15) is 15.9 Å². The van der Waals surface area contributed by atoms with E-state index in [2.05, 4.69) is 15.5 Å². The Hall–Kier alpha value is -3.15. The number of nitrogens with zero attached hydrogens (tertiary/aromatic N) is 2. The molecular formula is C17H13N3O3. The molecule has 0 saturated heterocycles. The molecule has 0 spiro atoms. The fraction of sp³-hybridized carbons (Fsp3) is 0.118. The monoisotopic (exact) mass is 307 g/mol. The van der Waals surface area contributed by atoms with Gasteiger partial charge in [-0.3, -0.25) is 4.79 Å². The van der Waals surface area contributed by atoms with Gasteiger partial charge in [0, 0.05) is 22.9 Å². The van der Waals surface area contributed by atoms with Gasteiger partial charge in [-0.05, 0) is 29.8 Å². The SMILES string of the molecule is O=C(NCc1ccc2c(c1)OCO2)c1ccc2cnncc2c1. The number of carbonyl (C=O) groups excluding carboxylic acids is 1. The Balaban J connectivity index is 1.48. The van der Waals surface area contributed by atoms with Gasteiger partial charge in [0.2, 0.25) is 6.79 Å². The minimum Gasteiger partial charge on any atom is -0.454 e. The average Bonchev–Trinajstić information content (AvgIpc) is 3.07. The van der Waals surface area contributed by atoms with Crippen LogP contribution < -0.4 is 14.8 Å². The Labute approximate surface area is 132 Å². The molecule has 6 nitrogen and oxygen atoms in total. The number of ether oxygens (including phenoxy) is 2. The first-order chi connectivity index (χ1) is 11.3. The third-order valence-corrected chi connectivity index (χ3v) is 3.70. The first-order valence-electron chi connectivity index (χ1n) is 7.17. The van der Waals surface area contributed by atoms with E-state index in [9.17, 15) is 4.79 Å². The number of rotatable bonds is 3. The number of fused-ring (bicyclic) bond motifs is 2. The van der Waals surface area contributed by atoms with Crippen molar-refractivity contribution in [2.24, 2.45) is 0 Å². The zero-order valence-electron chi connectivity index (χ0n) is 12.2. The van der Waals surface area contributed by atoms with Crippen molar-refractivity contribution < 1.29 is 14.3 Å². The fourth-order valence-corrected chi connectivity index (χ4v) is 2.47. The summed E-state index contributed by atoms with van der Waals surface area (Å²) in [6.07, 6.45) is 3.31. The number of carbonyl (C=O) groups is 1.